The number of benzene rings is 1. The SMILES string of the molecule is CC(C)(CNC(=O)CCc1ccc(N)cc1)C(=O)O. The van der Waals surface area contributed by atoms with E-state index in [0.29, 0.717) is 18.5 Å². The average Bonchev–Trinajstić information content (AvgIpc) is 2.35. The molecule has 0 spiro atoms. The second-order valence-corrected chi connectivity index (χ2v) is 5.21. The van der Waals surface area contributed by atoms with Crippen molar-refractivity contribution in [2.45, 2.75) is 26.7 Å². The van der Waals surface area contributed by atoms with Crippen LogP contribution in [0.5, 0.6) is 0 Å². The Morgan fingerprint density at radius 2 is 1.84 bits per heavy atom. The van der Waals surface area contributed by atoms with E-state index in [1.807, 2.05) is 12.1 Å². The summed E-state index contributed by atoms with van der Waals surface area (Å²) in [5, 5.41) is 11.6. The first-order valence-electron chi connectivity index (χ1n) is 6.16. The Kier molecular flexibility index (Phi) is 4.92. The monoisotopic (exact) mass is 264 g/mol. The fourth-order valence-corrected chi connectivity index (χ4v) is 1.43. The van der Waals surface area contributed by atoms with Crippen molar-refractivity contribution >= 4 is 17.6 Å². The molecule has 0 saturated carbocycles. The minimum atomic E-state index is -0.948. The fraction of sp³-hybridized carbons (Fsp3) is 0.429. The molecule has 0 aromatic heterocycles. The number of nitrogens with two attached hydrogens (primary N) is 1. The van der Waals surface area contributed by atoms with Crippen LogP contribution in [0, 0.1) is 5.41 Å². The van der Waals surface area contributed by atoms with Crippen LogP contribution < -0.4 is 11.1 Å². The number of rotatable bonds is 6. The lowest BCUT2D eigenvalue weighted by atomic mass is 9.94. The molecule has 0 aliphatic heterocycles. The molecule has 0 heterocycles. The summed E-state index contributed by atoms with van der Waals surface area (Å²) < 4.78 is 0. The van der Waals surface area contributed by atoms with Gasteiger partial charge in [0.15, 0.2) is 0 Å². The number of anilines is 1. The third-order valence-electron chi connectivity index (χ3n) is 2.93. The second-order valence-electron chi connectivity index (χ2n) is 5.21. The van der Waals surface area contributed by atoms with Gasteiger partial charge in [-0.05, 0) is 38.0 Å². The lowest BCUT2D eigenvalue weighted by molar-refractivity contribution is -0.146. The normalized spacial score (nSPS) is 11.1. The highest BCUT2D eigenvalue weighted by Gasteiger charge is 2.27. The topological polar surface area (TPSA) is 92.4 Å². The van der Waals surface area contributed by atoms with Gasteiger partial charge in [0.25, 0.3) is 0 Å². The van der Waals surface area contributed by atoms with Crippen molar-refractivity contribution in [3.8, 4) is 0 Å². The highest BCUT2D eigenvalue weighted by atomic mass is 16.4. The summed E-state index contributed by atoms with van der Waals surface area (Å²) in [5.74, 6) is -1.07. The molecular formula is C14H20N2O3. The summed E-state index contributed by atoms with van der Waals surface area (Å²) in [6, 6.07) is 7.34. The van der Waals surface area contributed by atoms with Crippen LogP contribution >= 0.6 is 0 Å². The van der Waals surface area contributed by atoms with E-state index in [9.17, 15) is 9.59 Å². The average molecular weight is 264 g/mol. The van der Waals surface area contributed by atoms with Crippen molar-refractivity contribution in [1.29, 1.82) is 0 Å². The number of amides is 1. The van der Waals surface area contributed by atoms with Gasteiger partial charge in [0, 0.05) is 18.7 Å². The van der Waals surface area contributed by atoms with Gasteiger partial charge in [-0.15, -0.1) is 0 Å². The minimum absolute atomic E-state index is 0.128. The fourth-order valence-electron chi connectivity index (χ4n) is 1.43. The number of nitrogen functional groups attached to an aromatic ring is 1. The summed E-state index contributed by atoms with van der Waals surface area (Å²) >= 11 is 0. The van der Waals surface area contributed by atoms with E-state index in [1.165, 1.54) is 0 Å². The van der Waals surface area contributed by atoms with Gasteiger partial charge in [-0.25, -0.2) is 0 Å². The van der Waals surface area contributed by atoms with Gasteiger partial charge in [-0.1, -0.05) is 12.1 Å². The number of aliphatic carboxylic acids is 1. The van der Waals surface area contributed by atoms with Crippen molar-refractivity contribution in [2.24, 2.45) is 5.41 Å². The Labute approximate surface area is 112 Å². The number of hydrogen-bond acceptors (Lipinski definition) is 3. The van der Waals surface area contributed by atoms with Crippen LogP contribution in [0.25, 0.3) is 0 Å². The molecule has 5 nitrogen and oxygen atoms in total. The molecule has 0 saturated heterocycles. The summed E-state index contributed by atoms with van der Waals surface area (Å²) in [6.07, 6.45) is 0.944. The standard InChI is InChI=1S/C14H20N2O3/c1-14(2,13(18)19)9-16-12(17)8-5-10-3-6-11(15)7-4-10/h3-4,6-7H,5,8-9,15H2,1-2H3,(H,16,17)(H,18,19). The molecule has 0 bridgehead atoms. The zero-order chi connectivity index (χ0) is 14.5. The number of nitrogens with one attached hydrogen (secondary N) is 1. The number of carbonyl (C=O) groups is 2. The molecule has 1 aromatic rings. The first-order valence-corrected chi connectivity index (χ1v) is 6.16. The van der Waals surface area contributed by atoms with E-state index in [4.69, 9.17) is 10.8 Å². The Morgan fingerprint density at radius 3 is 2.37 bits per heavy atom. The Hall–Kier alpha value is -2.04. The Bertz CT molecular complexity index is 452. The first-order chi connectivity index (χ1) is 8.81. The van der Waals surface area contributed by atoms with Crippen LogP contribution in [-0.2, 0) is 16.0 Å². The molecule has 0 radical (unpaired) electrons. The molecule has 5 heteroatoms. The summed E-state index contributed by atoms with van der Waals surface area (Å²) in [6.45, 7) is 3.29. The number of aryl methyl sites for hydroxylation is 1. The maximum atomic E-state index is 11.6. The summed E-state index contributed by atoms with van der Waals surface area (Å²) in [4.78, 5) is 22.5. The molecule has 0 aliphatic carbocycles. The van der Waals surface area contributed by atoms with Crippen molar-refractivity contribution in [1.82, 2.24) is 5.32 Å². The zero-order valence-corrected chi connectivity index (χ0v) is 11.3. The maximum absolute atomic E-state index is 11.6. The molecule has 0 unspecified atom stereocenters. The first kappa shape index (κ1) is 15.0. The molecule has 1 aromatic carbocycles. The van der Waals surface area contributed by atoms with Gasteiger partial charge in [-0.2, -0.15) is 0 Å². The third kappa shape index (κ3) is 4.99. The molecular weight excluding hydrogens is 244 g/mol. The van der Waals surface area contributed by atoms with Crippen LogP contribution in [0.3, 0.4) is 0 Å². The number of hydrogen-bond donors (Lipinski definition) is 3. The van der Waals surface area contributed by atoms with Crippen LogP contribution in [0.1, 0.15) is 25.8 Å². The predicted molar refractivity (Wildman–Crippen MR) is 73.6 cm³/mol. The minimum Gasteiger partial charge on any atom is -0.481 e. The van der Waals surface area contributed by atoms with Crippen molar-refractivity contribution in [3.05, 3.63) is 29.8 Å². The molecule has 104 valence electrons. The Morgan fingerprint density at radius 1 is 1.26 bits per heavy atom. The quantitative estimate of drug-likeness (QED) is 0.678. The van der Waals surface area contributed by atoms with E-state index in [0.717, 1.165) is 5.56 Å². The number of carboxylic acid groups (broad SMARTS) is 1. The molecule has 1 rings (SSSR count). The van der Waals surface area contributed by atoms with Crippen molar-refractivity contribution in [2.75, 3.05) is 12.3 Å². The van der Waals surface area contributed by atoms with Crippen LogP contribution in [-0.4, -0.2) is 23.5 Å². The number of carboxylic acids is 1. The summed E-state index contributed by atoms with van der Waals surface area (Å²) in [7, 11) is 0. The molecule has 19 heavy (non-hydrogen) atoms. The maximum Gasteiger partial charge on any atom is 0.310 e. The van der Waals surface area contributed by atoms with E-state index in [2.05, 4.69) is 5.32 Å². The molecule has 0 aliphatic rings. The zero-order valence-electron chi connectivity index (χ0n) is 11.3. The molecule has 0 atom stereocenters. The lowest BCUT2D eigenvalue weighted by Crippen LogP contribution is -2.38. The van der Waals surface area contributed by atoms with Gasteiger partial charge >= 0.3 is 5.97 Å². The molecule has 4 N–H and O–H groups in total. The van der Waals surface area contributed by atoms with Crippen LogP contribution in [0.2, 0.25) is 0 Å². The van der Waals surface area contributed by atoms with E-state index in [-0.39, 0.29) is 12.5 Å². The lowest BCUT2D eigenvalue weighted by Gasteiger charge is -2.19. The van der Waals surface area contributed by atoms with Gasteiger partial charge in [0.2, 0.25) is 5.91 Å². The van der Waals surface area contributed by atoms with Crippen LogP contribution in [0.15, 0.2) is 24.3 Å². The van der Waals surface area contributed by atoms with Crippen LogP contribution in [0.4, 0.5) is 5.69 Å². The number of carbonyl (C=O) groups excluding carboxylic acids is 1. The highest BCUT2D eigenvalue weighted by molar-refractivity contribution is 5.78. The smallest absolute Gasteiger partial charge is 0.310 e. The predicted octanol–water partition coefficient (Wildman–Crippen LogP) is 1.43. The van der Waals surface area contributed by atoms with Gasteiger partial charge < -0.3 is 16.2 Å². The van der Waals surface area contributed by atoms with E-state index < -0.39 is 11.4 Å². The van der Waals surface area contributed by atoms with Gasteiger partial charge in [0.1, 0.15) is 0 Å². The highest BCUT2D eigenvalue weighted by Crippen LogP contribution is 2.13. The van der Waals surface area contributed by atoms with E-state index in [1.54, 1.807) is 26.0 Å². The molecule has 1 amide bonds. The van der Waals surface area contributed by atoms with Crippen molar-refractivity contribution in [3.63, 3.8) is 0 Å². The third-order valence-corrected chi connectivity index (χ3v) is 2.93. The van der Waals surface area contributed by atoms with Gasteiger partial charge in [0.05, 0.1) is 5.41 Å². The Balaban J connectivity index is 2.36. The largest absolute Gasteiger partial charge is 0.481 e. The second kappa shape index (κ2) is 6.22. The molecule has 0 fully saturated rings. The van der Waals surface area contributed by atoms with Gasteiger partial charge in [-0.3, -0.25) is 9.59 Å². The summed E-state index contributed by atoms with van der Waals surface area (Å²) in [5.41, 5.74) is 6.34. The van der Waals surface area contributed by atoms with E-state index >= 15 is 0 Å². The van der Waals surface area contributed by atoms with Crippen molar-refractivity contribution < 1.29 is 14.7 Å².